The number of amides is 1. The summed E-state index contributed by atoms with van der Waals surface area (Å²) in [5, 5.41) is 3.01. The van der Waals surface area contributed by atoms with Crippen LogP contribution in [-0.2, 0) is 4.79 Å². The monoisotopic (exact) mass is 290 g/mol. The van der Waals surface area contributed by atoms with Crippen molar-refractivity contribution >= 4 is 11.6 Å². The highest BCUT2D eigenvalue weighted by atomic mass is 16.5. The number of carbonyl (C=O) groups is 1. The van der Waals surface area contributed by atoms with Crippen molar-refractivity contribution < 1.29 is 9.53 Å². The van der Waals surface area contributed by atoms with Gasteiger partial charge in [0.05, 0.1) is 13.0 Å². The molecule has 4 heteroatoms. The molecular formula is C17H26N2O2. The summed E-state index contributed by atoms with van der Waals surface area (Å²) in [6.45, 7) is 10.1. The van der Waals surface area contributed by atoms with E-state index in [1.54, 1.807) is 12.1 Å². The zero-order valence-corrected chi connectivity index (χ0v) is 13.4. The van der Waals surface area contributed by atoms with Gasteiger partial charge in [0.2, 0.25) is 5.91 Å². The highest BCUT2D eigenvalue weighted by Gasteiger charge is 2.64. The fourth-order valence-corrected chi connectivity index (χ4v) is 3.01. The molecule has 0 unspecified atom stereocenters. The molecular weight excluding hydrogens is 264 g/mol. The summed E-state index contributed by atoms with van der Waals surface area (Å²) in [5.74, 6) is 1.29. The van der Waals surface area contributed by atoms with Crippen molar-refractivity contribution in [2.24, 2.45) is 16.7 Å². The van der Waals surface area contributed by atoms with E-state index in [-0.39, 0.29) is 5.91 Å². The molecule has 0 aromatic heterocycles. The Balaban J connectivity index is 1.67. The number of nitrogen functional groups attached to an aromatic ring is 1. The molecule has 116 valence electrons. The Labute approximate surface area is 127 Å². The van der Waals surface area contributed by atoms with Crippen molar-refractivity contribution in [1.82, 2.24) is 5.32 Å². The van der Waals surface area contributed by atoms with Crippen molar-refractivity contribution in [3.05, 3.63) is 24.3 Å². The van der Waals surface area contributed by atoms with Gasteiger partial charge in [-0.05, 0) is 28.9 Å². The number of nitrogens with one attached hydrogen (secondary N) is 1. The molecule has 0 radical (unpaired) electrons. The van der Waals surface area contributed by atoms with E-state index in [1.807, 2.05) is 12.1 Å². The van der Waals surface area contributed by atoms with Crippen LogP contribution in [0.2, 0.25) is 0 Å². The SMILES string of the molecule is CC1(C)C(CNC(=O)CCOc2cccc(N)c2)C1(C)C. The van der Waals surface area contributed by atoms with E-state index in [0.29, 0.717) is 41.2 Å². The average Bonchev–Trinajstić information content (AvgIpc) is 2.77. The second kappa shape index (κ2) is 5.58. The van der Waals surface area contributed by atoms with Crippen molar-refractivity contribution in [3.63, 3.8) is 0 Å². The molecule has 4 nitrogen and oxygen atoms in total. The number of rotatable bonds is 6. The quantitative estimate of drug-likeness (QED) is 0.792. The van der Waals surface area contributed by atoms with Gasteiger partial charge in [-0.2, -0.15) is 0 Å². The van der Waals surface area contributed by atoms with Crippen LogP contribution >= 0.6 is 0 Å². The van der Waals surface area contributed by atoms with Gasteiger partial charge in [-0.3, -0.25) is 4.79 Å². The van der Waals surface area contributed by atoms with Crippen LogP contribution in [0, 0.1) is 16.7 Å². The molecule has 1 aliphatic carbocycles. The molecule has 21 heavy (non-hydrogen) atoms. The van der Waals surface area contributed by atoms with E-state index in [4.69, 9.17) is 10.5 Å². The molecule has 1 fully saturated rings. The number of anilines is 1. The summed E-state index contributed by atoms with van der Waals surface area (Å²) < 4.78 is 5.52. The lowest BCUT2D eigenvalue weighted by Gasteiger charge is -2.08. The van der Waals surface area contributed by atoms with Gasteiger partial charge in [-0.1, -0.05) is 33.8 Å². The van der Waals surface area contributed by atoms with Crippen molar-refractivity contribution in [2.75, 3.05) is 18.9 Å². The Morgan fingerprint density at radius 1 is 1.29 bits per heavy atom. The summed E-state index contributed by atoms with van der Waals surface area (Å²) in [6, 6.07) is 7.23. The molecule has 1 amide bonds. The number of hydrogen-bond donors (Lipinski definition) is 2. The van der Waals surface area contributed by atoms with Gasteiger partial charge < -0.3 is 15.8 Å². The molecule has 1 aromatic carbocycles. The molecule has 0 spiro atoms. The lowest BCUT2D eigenvalue weighted by atomic mass is 10.0. The molecule has 0 saturated heterocycles. The number of carbonyl (C=O) groups excluding carboxylic acids is 1. The van der Waals surface area contributed by atoms with E-state index in [2.05, 4.69) is 33.0 Å². The van der Waals surface area contributed by atoms with Gasteiger partial charge in [0.1, 0.15) is 5.75 Å². The van der Waals surface area contributed by atoms with Crippen LogP contribution in [0.5, 0.6) is 5.75 Å². The van der Waals surface area contributed by atoms with Gasteiger partial charge in [0.15, 0.2) is 0 Å². The molecule has 0 atom stereocenters. The van der Waals surface area contributed by atoms with E-state index in [1.165, 1.54) is 0 Å². The van der Waals surface area contributed by atoms with Gasteiger partial charge in [0.25, 0.3) is 0 Å². The number of nitrogens with two attached hydrogens (primary N) is 1. The second-order valence-electron chi connectivity index (χ2n) is 6.97. The summed E-state index contributed by atoms with van der Waals surface area (Å²) >= 11 is 0. The number of ether oxygens (including phenoxy) is 1. The van der Waals surface area contributed by atoms with Gasteiger partial charge >= 0.3 is 0 Å². The summed E-state index contributed by atoms with van der Waals surface area (Å²) in [4.78, 5) is 11.8. The summed E-state index contributed by atoms with van der Waals surface area (Å²) in [7, 11) is 0. The minimum absolute atomic E-state index is 0.0393. The minimum Gasteiger partial charge on any atom is -0.493 e. The third kappa shape index (κ3) is 3.31. The number of benzene rings is 1. The predicted molar refractivity (Wildman–Crippen MR) is 85.0 cm³/mol. The maximum atomic E-state index is 11.8. The van der Waals surface area contributed by atoms with Crippen LogP contribution in [0.4, 0.5) is 5.69 Å². The van der Waals surface area contributed by atoms with Crippen molar-refractivity contribution in [2.45, 2.75) is 34.1 Å². The van der Waals surface area contributed by atoms with Gasteiger partial charge in [0, 0.05) is 18.3 Å². The normalized spacial score (nSPS) is 19.0. The lowest BCUT2D eigenvalue weighted by molar-refractivity contribution is -0.121. The number of hydrogen-bond acceptors (Lipinski definition) is 3. The lowest BCUT2D eigenvalue weighted by Crippen LogP contribution is -2.28. The van der Waals surface area contributed by atoms with E-state index in [0.717, 1.165) is 6.54 Å². The van der Waals surface area contributed by atoms with Crippen LogP contribution in [-0.4, -0.2) is 19.1 Å². The Morgan fingerprint density at radius 2 is 1.95 bits per heavy atom. The van der Waals surface area contributed by atoms with Crippen LogP contribution in [0.25, 0.3) is 0 Å². The second-order valence-corrected chi connectivity index (χ2v) is 6.97. The molecule has 0 aliphatic heterocycles. The summed E-state index contributed by atoms with van der Waals surface area (Å²) in [6.07, 6.45) is 0.363. The molecule has 0 bridgehead atoms. The van der Waals surface area contributed by atoms with Crippen molar-refractivity contribution in [3.8, 4) is 5.75 Å². The minimum atomic E-state index is 0.0393. The topological polar surface area (TPSA) is 64.3 Å². The molecule has 1 saturated carbocycles. The Morgan fingerprint density at radius 3 is 2.52 bits per heavy atom. The van der Waals surface area contributed by atoms with Crippen LogP contribution < -0.4 is 15.8 Å². The maximum absolute atomic E-state index is 11.8. The molecule has 1 aromatic rings. The Kier molecular flexibility index (Phi) is 4.17. The summed E-state index contributed by atoms with van der Waals surface area (Å²) in [5.41, 5.74) is 6.94. The van der Waals surface area contributed by atoms with E-state index in [9.17, 15) is 4.79 Å². The van der Waals surface area contributed by atoms with E-state index >= 15 is 0 Å². The predicted octanol–water partition coefficient (Wildman–Crippen LogP) is 2.84. The first-order chi connectivity index (χ1) is 9.75. The van der Waals surface area contributed by atoms with Gasteiger partial charge in [-0.15, -0.1) is 0 Å². The standard InChI is InChI=1S/C17H26N2O2/c1-16(2)14(17(16,3)4)11-19-15(20)8-9-21-13-7-5-6-12(18)10-13/h5-7,10,14H,8-9,11,18H2,1-4H3,(H,19,20). The Bertz CT molecular complexity index is 509. The highest BCUT2D eigenvalue weighted by Crippen LogP contribution is 2.67. The average molecular weight is 290 g/mol. The zero-order chi connectivity index (χ0) is 15.7. The first kappa shape index (κ1) is 15.7. The smallest absolute Gasteiger partial charge is 0.223 e. The van der Waals surface area contributed by atoms with Gasteiger partial charge in [-0.25, -0.2) is 0 Å². The highest BCUT2D eigenvalue weighted by molar-refractivity contribution is 5.76. The fraction of sp³-hybridized carbons (Fsp3) is 0.588. The first-order valence-electron chi connectivity index (χ1n) is 7.50. The third-order valence-corrected chi connectivity index (χ3v) is 5.28. The fourth-order valence-electron chi connectivity index (χ4n) is 3.01. The van der Waals surface area contributed by atoms with Crippen LogP contribution in [0.3, 0.4) is 0 Å². The third-order valence-electron chi connectivity index (χ3n) is 5.28. The van der Waals surface area contributed by atoms with Crippen molar-refractivity contribution in [1.29, 1.82) is 0 Å². The van der Waals surface area contributed by atoms with E-state index < -0.39 is 0 Å². The maximum Gasteiger partial charge on any atom is 0.223 e. The largest absolute Gasteiger partial charge is 0.493 e. The molecule has 1 aliphatic rings. The Hall–Kier alpha value is -1.71. The molecule has 3 N–H and O–H groups in total. The van der Waals surface area contributed by atoms with Crippen LogP contribution in [0.1, 0.15) is 34.1 Å². The zero-order valence-electron chi connectivity index (χ0n) is 13.4. The van der Waals surface area contributed by atoms with Crippen LogP contribution in [0.15, 0.2) is 24.3 Å². The first-order valence-corrected chi connectivity index (χ1v) is 7.50. The molecule has 2 rings (SSSR count). The molecule has 0 heterocycles.